The third-order valence-electron chi connectivity index (χ3n) is 4.97. The molecule has 29 heavy (non-hydrogen) atoms. The van der Waals surface area contributed by atoms with Gasteiger partial charge in [0.1, 0.15) is 11.6 Å². The molecule has 1 fully saturated rings. The number of rotatable bonds is 3. The van der Waals surface area contributed by atoms with E-state index in [0.717, 1.165) is 0 Å². The molecule has 1 aliphatic heterocycles. The summed E-state index contributed by atoms with van der Waals surface area (Å²) in [5, 5.41) is 13.9. The molecular weight excluding hydrogens is 376 g/mol. The number of nitrogens with one attached hydrogen (secondary N) is 3. The third-order valence-corrected chi connectivity index (χ3v) is 4.97. The van der Waals surface area contributed by atoms with Gasteiger partial charge in [-0.25, -0.2) is 13.6 Å². The van der Waals surface area contributed by atoms with Crippen LogP contribution in [0.2, 0.25) is 0 Å². The van der Waals surface area contributed by atoms with Crippen molar-refractivity contribution in [2.75, 3.05) is 30.3 Å². The van der Waals surface area contributed by atoms with Crippen molar-refractivity contribution in [2.45, 2.75) is 19.9 Å². The lowest BCUT2D eigenvalue weighted by atomic mass is 10.00. The molecule has 0 radical (unpaired) electrons. The Bertz CT molecular complexity index is 889. The van der Waals surface area contributed by atoms with Crippen LogP contribution in [-0.2, 0) is 0 Å². The van der Waals surface area contributed by atoms with Gasteiger partial charge in [0.25, 0.3) is 0 Å². The third kappa shape index (κ3) is 5.01. The molecule has 3 rings (SSSR count). The fourth-order valence-electron chi connectivity index (χ4n) is 3.37. The van der Waals surface area contributed by atoms with E-state index in [4.69, 9.17) is 5.41 Å². The number of hydrogen-bond donors (Lipinski definition) is 3. The number of benzene rings is 2. The van der Waals surface area contributed by atoms with Crippen molar-refractivity contribution < 1.29 is 13.6 Å². The molecule has 0 bridgehead atoms. The molecule has 0 aromatic heterocycles. The zero-order valence-corrected chi connectivity index (χ0v) is 16.5. The summed E-state index contributed by atoms with van der Waals surface area (Å²) in [6.45, 7) is 5.26. The second kappa shape index (κ2) is 8.89. The van der Waals surface area contributed by atoms with Crippen LogP contribution < -0.4 is 10.6 Å². The van der Waals surface area contributed by atoms with Gasteiger partial charge in [-0.3, -0.25) is 5.41 Å². The number of guanidine groups is 1. The molecule has 154 valence electrons. The minimum atomic E-state index is -0.425. The number of amides is 2. The average molecular weight is 401 g/mol. The van der Waals surface area contributed by atoms with Crippen molar-refractivity contribution in [3.8, 4) is 0 Å². The largest absolute Gasteiger partial charge is 0.336 e. The summed E-state index contributed by atoms with van der Waals surface area (Å²) in [4.78, 5) is 16.1. The van der Waals surface area contributed by atoms with E-state index in [1.165, 1.54) is 24.3 Å². The van der Waals surface area contributed by atoms with Gasteiger partial charge in [0.15, 0.2) is 5.96 Å². The fourth-order valence-corrected chi connectivity index (χ4v) is 3.37. The van der Waals surface area contributed by atoms with Crippen LogP contribution in [0.25, 0.3) is 0 Å². The smallest absolute Gasteiger partial charge is 0.321 e. The van der Waals surface area contributed by atoms with Crippen LogP contribution in [0, 0.1) is 23.0 Å². The molecule has 2 amide bonds. The van der Waals surface area contributed by atoms with Gasteiger partial charge in [-0.1, -0.05) is 32.0 Å². The summed E-state index contributed by atoms with van der Waals surface area (Å²) in [5.74, 6) is -0.590. The summed E-state index contributed by atoms with van der Waals surface area (Å²) in [7, 11) is 0. The van der Waals surface area contributed by atoms with Crippen LogP contribution in [0.3, 0.4) is 0 Å². The minimum absolute atomic E-state index is 0.0963. The maximum absolute atomic E-state index is 13.9. The molecule has 3 N–H and O–H groups in total. The zero-order valence-electron chi connectivity index (χ0n) is 16.5. The first-order valence-corrected chi connectivity index (χ1v) is 9.53. The highest BCUT2D eigenvalue weighted by atomic mass is 19.1. The number of para-hydroxylation sites is 1. The first-order valence-electron chi connectivity index (χ1n) is 9.53. The van der Waals surface area contributed by atoms with Gasteiger partial charge in [0, 0.05) is 25.3 Å². The number of carbonyl (C=O) groups is 1. The Labute approximate surface area is 169 Å². The maximum Gasteiger partial charge on any atom is 0.321 e. The van der Waals surface area contributed by atoms with Gasteiger partial charge in [-0.2, -0.15) is 0 Å². The van der Waals surface area contributed by atoms with E-state index < -0.39 is 11.6 Å². The van der Waals surface area contributed by atoms with Gasteiger partial charge < -0.3 is 20.4 Å². The number of anilines is 2. The first-order chi connectivity index (χ1) is 13.8. The topological polar surface area (TPSA) is 71.5 Å². The number of carbonyl (C=O) groups excluding carboxylic acids is 1. The fraction of sp³-hybridized carbons (Fsp3) is 0.333. The molecule has 0 aliphatic carbocycles. The SMILES string of the molecule is CC(C)C1CN(C(=O)Nc2cccc(F)c2)CCN1C(=N)Nc1ccccc1F. The van der Waals surface area contributed by atoms with Crippen LogP contribution in [0.15, 0.2) is 48.5 Å². The van der Waals surface area contributed by atoms with E-state index in [1.807, 2.05) is 18.7 Å². The lowest BCUT2D eigenvalue weighted by molar-refractivity contribution is 0.119. The Morgan fingerprint density at radius 3 is 2.55 bits per heavy atom. The second-order valence-corrected chi connectivity index (χ2v) is 7.34. The highest BCUT2D eigenvalue weighted by Crippen LogP contribution is 2.21. The number of urea groups is 1. The van der Waals surface area contributed by atoms with E-state index in [-0.39, 0.29) is 29.6 Å². The maximum atomic E-state index is 13.9. The van der Waals surface area contributed by atoms with Crippen LogP contribution >= 0.6 is 0 Å². The molecule has 0 saturated carbocycles. The van der Waals surface area contributed by atoms with Crippen molar-refractivity contribution in [2.24, 2.45) is 5.92 Å². The van der Waals surface area contributed by atoms with Crippen LogP contribution in [0.4, 0.5) is 25.0 Å². The van der Waals surface area contributed by atoms with Crippen molar-refractivity contribution in [1.29, 1.82) is 5.41 Å². The van der Waals surface area contributed by atoms with Gasteiger partial charge in [0.05, 0.1) is 11.7 Å². The quantitative estimate of drug-likeness (QED) is 0.534. The zero-order chi connectivity index (χ0) is 21.0. The van der Waals surface area contributed by atoms with Crippen molar-refractivity contribution in [3.63, 3.8) is 0 Å². The van der Waals surface area contributed by atoms with Gasteiger partial charge in [-0.05, 0) is 36.2 Å². The first kappa shape index (κ1) is 20.6. The molecule has 1 aliphatic rings. The number of hydrogen-bond acceptors (Lipinski definition) is 2. The second-order valence-electron chi connectivity index (χ2n) is 7.34. The Hall–Kier alpha value is -3.16. The summed E-state index contributed by atoms with van der Waals surface area (Å²) >= 11 is 0. The van der Waals surface area contributed by atoms with Gasteiger partial charge in [0.2, 0.25) is 0 Å². The Morgan fingerprint density at radius 2 is 1.86 bits per heavy atom. The lowest BCUT2D eigenvalue weighted by Crippen LogP contribution is -2.60. The molecule has 1 unspecified atom stereocenters. The predicted octanol–water partition coefficient (Wildman–Crippen LogP) is 4.19. The standard InChI is InChI=1S/C21H25F2N5O/c1-14(2)19-13-27(21(29)25-16-7-5-6-15(22)12-16)10-11-28(19)20(24)26-18-9-4-3-8-17(18)23/h3-9,12,14,19H,10-11,13H2,1-2H3,(H2,24,26)(H,25,29). The van der Waals surface area contributed by atoms with E-state index in [2.05, 4.69) is 10.6 Å². The number of halogens is 2. The van der Waals surface area contributed by atoms with E-state index in [0.29, 0.717) is 25.3 Å². The summed E-state index contributed by atoms with van der Waals surface area (Å²) in [6, 6.07) is 11.5. The monoisotopic (exact) mass is 401 g/mol. The highest BCUT2D eigenvalue weighted by Gasteiger charge is 2.33. The molecule has 1 atom stereocenters. The Balaban J connectivity index is 1.66. The number of piperazine rings is 1. The van der Waals surface area contributed by atoms with Crippen molar-refractivity contribution >= 4 is 23.4 Å². The van der Waals surface area contributed by atoms with Crippen LogP contribution in [0.5, 0.6) is 0 Å². The Kier molecular flexibility index (Phi) is 6.31. The molecule has 0 spiro atoms. The molecule has 1 heterocycles. The normalized spacial score (nSPS) is 16.7. The van der Waals surface area contributed by atoms with Crippen molar-refractivity contribution in [3.05, 3.63) is 60.2 Å². The molecule has 6 nitrogen and oxygen atoms in total. The van der Waals surface area contributed by atoms with Crippen molar-refractivity contribution in [1.82, 2.24) is 9.80 Å². The Morgan fingerprint density at radius 1 is 1.10 bits per heavy atom. The highest BCUT2D eigenvalue weighted by molar-refractivity contribution is 5.92. The van der Waals surface area contributed by atoms with Gasteiger partial charge in [-0.15, -0.1) is 0 Å². The summed E-state index contributed by atoms with van der Waals surface area (Å²) in [5.41, 5.74) is 0.638. The lowest BCUT2D eigenvalue weighted by Gasteiger charge is -2.44. The summed E-state index contributed by atoms with van der Waals surface area (Å²) in [6.07, 6.45) is 0. The molecule has 8 heteroatoms. The van der Waals surface area contributed by atoms with E-state index >= 15 is 0 Å². The summed E-state index contributed by atoms with van der Waals surface area (Å²) < 4.78 is 27.3. The molecular formula is C21H25F2N5O. The van der Waals surface area contributed by atoms with E-state index in [9.17, 15) is 13.6 Å². The van der Waals surface area contributed by atoms with E-state index in [1.54, 1.807) is 29.2 Å². The minimum Gasteiger partial charge on any atom is -0.336 e. The molecule has 2 aromatic carbocycles. The van der Waals surface area contributed by atoms with Crippen LogP contribution in [0.1, 0.15) is 13.8 Å². The molecule has 2 aromatic rings. The molecule has 1 saturated heterocycles. The predicted molar refractivity (Wildman–Crippen MR) is 110 cm³/mol. The number of nitrogens with zero attached hydrogens (tertiary/aromatic N) is 2. The average Bonchev–Trinajstić information content (AvgIpc) is 2.69. The van der Waals surface area contributed by atoms with Crippen LogP contribution in [-0.4, -0.2) is 47.5 Å². The van der Waals surface area contributed by atoms with Gasteiger partial charge >= 0.3 is 6.03 Å².